The minimum Gasteiger partial charge on any atom is -0.466 e. The molecular formula is C19H16BrClN2O3. The van der Waals surface area contributed by atoms with E-state index in [1.54, 1.807) is 31.2 Å². The Labute approximate surface area is 163 Å². The summed E-state index contributed by atoms with van der Waals surface area (Å²) in [5.41, 5.74) is 1.04. The van der Waals surface area contributed by atoms with Gasteiger partial charge < -0.3 is 4.74 Å². The number of halogens is 2. The molecule has 0 radical (unpaired) electrons. The van der Waals surface area contributed by atoms with Gasteiger partial charge in [0.15, 0.2) is 0 Å². The van der Waals surface area contributed by atoms with Crippen LogP contribution in [-0.4, -0.2) is 22.4 Å². The average molecular weight is 436 g/mol. The molecule has 0 N–H and O–H groups in total. The van der Waals surface area contributed by atoms with Crippen molar-refractivity contribution >= 4 is 44.3 Å². The predicted molar refractivity (Wildman–Crippen MR) is 105 cm³/mol. The van der Waals surface area contributed by atoms with Gasteiger partial charge in [0.1, 0.15) is 0 Å². The molecule has 1 heterocycles. The third kappa shape index (κ3) is 3.97. The lowest BCUT2D eigenvalue weighted by Crippen LogP contribution is -2.26. The summed E-state index contributed by atoms with van der Waals surface area (Å²) in [7, 11) is 0. The van der Waals surface area contributed by atoms with E-state index in [1.807, 2.05) is 18.2 Å². The summed E-state index contributed by atoms with van der Waals surface area (Å²) in [4.78, 5) is 24.7. The molecule has 2 aromatic carbocycles. The van der Waals surface area contributed by atoms with Crippen LogP contribution in [0.1, 0.15) is 18.2 Å². The quantitative estimate of drug-likeness (QED) is 0.569. The molecule has 0 aliphatic rings. The normalized spacial score (nSPS) is 10.9. The summed E-state index contributed by atoms with van der Waals surface area (Å²) in [6, 6.07) is 12.6. The molecule has 0 aliphatic heterocycles. The second kappa shape index (κ2) is 8.01. The number of benzene rings is 2. The van der Waals surface area contributed by atoms with Crippen LogP contribution in [0.25, 0.3) is 10.8 Å². The van der Waals surface area contributed by atoms with Gasteiger partial charge in [0.05, 0.1) is 30.7 Å². The van der Waals surface area contributed by atoms with Gasteiger partial charge in [-0.3, -0.25) is 9.59 Å². The molecule has 0 saturated carbocycles. The summed E-state index contributed by atoms with van der Waals surface area (Å²) < 4.78 is 7.22. The van der Waals surface area contributed by atoms with Crippen molar-refractivity contribution in [1.82, 2.24) is 9.78 Å². The number of nitrogens with zero attached hydrogens (tertiary/aromatic N) is 2. The monoisotopic (exact) mass is 434 g/mol. The highest BCUT2D eigenvalue weighted by Crippen LogP contribution is 2.22. The Morgan fingerprint density at radius 2 is 1.96 bits per heavy atom. The van der Waals surface area contributed by atoms with E-state index in [9.17, 15) is 9.59 Å². The minimum absolute atomic E-state index is 0.00268. The molecule has 0 aliphatic carbocycles. The first-order valence-corrected chi connectivity index (χ1v) is 9.25. The molecule has 3 aromatic rings. The minimum atomic E-state index is -0.378. The van der Waals surface area contributed by atoms with E-state index in [1.165, 1.54) is 4.68 Å². The number of fused-ring (bicyclic) bond motifs is 1. The third-order valence-electron chi connectivity index (χ3n) is 3.90. The van der Waals surface area contributed by atoms with E-state index < -0.39 is 0 Å². The van der Waals surface area contributed by atoms with Crippen molar-refractivity contribution < 1.29 is 9.53 Å². The third-order valence-corrected chi connectivity index (χ3v) is 4.74. The molecule has 0 saturated heterocycles. The van der Waals surface area contributed by atoms with E-state index in [4.69, 9.17) is 16.3 Å². The van der Waals surface area contributed by atoms with Gasteiger partial charge in [0, 0.05) is 14.9 Å². The van der Waals surface area contributed by atoms with Gasteiger partial charge in [-0.1, -0.05) is 51.8 Å². The molecule has 0 spiro atoms. The Bertz CT molecular complexity index is 1030. The van der Waals surface area contributed by atoms with Crippen LogP contribution in [0.3, 0.4) is 0 Å². The zero-order valence-electron chi connectivity index (χ0n) is 14.0. The maximum absolute atomic E-state index is 12.8. The molecule has 134 valence electrons. The number of hydrogen-bond acceptors (Lipinski definition) is 4. The summed E-state index contributed by atoms with van der Waals surface area (Å²) in [5, 5.41) is 6.12. The van der Waals surface area contributed by atoms with Gasteiger partial charge >= 0.3 is 5.97 Å². The van der Waals surface area contributed by atoms with Crippen LogP contribution < -0.4 is 5.56 Å². The highest BCUT2D eigenvalue weighted by Gasteiger charge is 2.15. The lowest BCUT2D eigenvalue weighted by atomic mass is 10.1. The number of rotatable bonds is 5. The van der Waals surface area contributed by atoms with Crippen molar-refractivity contribution in [2.45, 2.75) is 19.9 Å². The molecule has 7 heteroatoms. The fourth-order valence-corrected chi connectivity index (χ4v) is 3.44. The van der Waals surface area contributed by atoms with E-state index in [0.717, 1.165) is 10.0 Å². The van der Waals surface area contributed by atoms with E-state index in [0.29, 0.717) is 28.1 Å². The topological polar surface area (TPSA) is 61.2 Å². The first-order valence-electron chi connectivity index (χ1n) is 8.08. The number of aromatic nitrogens is 2. The molecule has 3 rings (SSSR count). The largest absolute Gasteiger partial charge is 0.466 e. The Hall–Kier alpha value is -2.18. The zero-order valence-corrected chi connectivity index (χ0v) is 16.4. The second-order valence-electron chi connectivity index (χ2n) is 5.67. The SMILES string of the molecule is CCOC(=O)Cc1nn(Cc2ccc(Br)cc2Cl)c(=O)c2ccccc12. The molecule has 5 nitrogen and oxygen atoms in total. The van der Waals surface area contributed by atoms with E-state index in [2.05, 4.69) is 21.0 Å². The summed E-state index contributed by atoms with van der Waals surface area (Å²) in [6.07, 6.45) is 0.00268. The number of esters is 1. The van der Waals surface area contributed by atoms with Crippen LogP contribution in [0.4, 0.5) is 0 Å². The Kier molecular flexibility index (Phi) is 5.74. The van der Waals surface area contributed by atoms with Crippen molar-refractivity contribution in [2.75, 3.05) is 6.61 Å². The summed E-state index contributed by atoms with van der Waals surface area (Å²) >= 11 is 9.63. The number of carbonyl (C=O) groups is 1. The maximum atomic E-state index is 12.8. The number of ether oxygens (including phenoxy) is 1. The van der Waals surface area contributed by atoms with Gasteiger partial charge in [0.25, 0.3) is 5.56 Å². The lowest BCUT2D eigenvalue weighted by Gasteiger charge is -2.12. The second-order valence-corrected chi connectivity index (χ2v) is 7.00. The Morgan fingerprint density at radius 1 is 1.23 bits per heavy atom. The Morgan fingerprint density at radius 3 is 2.65 bits per heavy atom. The predicted octanol–water partition coefficient (Wildman–Crippen LogP) is 3.97. The highest BCUT2D eigenvalue weighted by atomic mass is 79.9. The fraction of sp³-hybridized carbons (Fsp3) is 0.211. The number of carbonyl (C=O) groups excluding carboxylic acids is 1. The van der Waals surface area contributed by atoms with Crippen molar-refractivity contribution in [3.05, 3.63) is 73.6 Å². The molecule has 0 atom stereocenters. The van der Waals surface area contributed by atoms with Crippen molar-refractivity contribution in [1.29, 1.82) is 0 Å². The first-order chi connectivity index (χ1) is 12.5. The Balaban J connectivity index is 2.09. The van der Waals surface area contributed by atoms with Crippen LogP contribution in [0.15, 0.2) is 51.7 Å². The van der Waals surface area contributed by atoms with Gasteiger partial charge in [0.2, 0.25) is 0 Å². The molecule has 0 bridgehead atoms. The van der Waals surface area contributed by atoms with Crippen LogP contribution in [0, 0.1) is 0 Å². The van der Waals surface area contributed by atoms with Crippen LogP contribution in [0.2, 0.25) is 5.02 Å². The lowest BCUT2D eigenvalue weighted by molar-refractivity contribution is -0.142. The number of hydrogen-bond donors (Lipinski definition) is 0. The maximum Gasteiger partial charge on any atom is 0.311 e. The molecule has 0 amide bonds. The van der Waals surface area contributed by atoms with Gasteiger partial charge in [-0.15, -0.1) is 0 Å². The van der Waals surface area contributed by atoms with Crippen LogP contribution in [-0.2, 0) is 22.5 Å². The van der Waals surface area contributed by atoms with Gasteiger partial charge in [-0.2, -0.15) is 5.10 Å². The van der Waals surface area contributed by atoms with E-state index in [-0.39, 0.29) is 24.5 Å². The van der Waals surface area contributed by atoms with Crippen molar-refractivity contribution in [3.63, 3.8) is 0 Å². The fourth-order valence-electron chi connectivity index (χ4n) is 2.70. The highest BCUT2D eigenvalue weighted by molar-refractivity contribution is 9.10. The molecule has 26 heavy (non-hydrogen) atoms. The summed E-state index contributed by atoms with van der Waals surface area (Å²) in [5.74, 6) is -0.378. The van der Waals surface area contributed by atoms with Gasteiger partial charge in [-0.05, 0) is 30.7 Å². The molecular weight excluding hydrogens is 420 g/mol. The first kappa shape index (κ1) is 18.6. The van der Waals surface area contributed by atoms with E-state index >= 15 is 0 Å². The average Bonchev–Trinajstić information content (AvgIpc) is 2.61. The molecule has 0 fully saturated rings. The van der Waals surface area contributed by atoms with Gasteiger partial charge in [-0.25, -0.2) is 4.68 Å². The van der Waals surface area contributed by atoms with Crippen LogP contribution in [0.5, 0.6) is 0 Å². The van der Waals surface area contributed by atoms with Crippen LogP contribution >= 0.6 is 27.5 Å². The van der Waals surface area contributed by atoms with Crippen molar-refractivity contribution in [2.24, 2.45) is 0 Å². The zero-order chi connectivity index (χ0) is 18.7. The summed E-state index contributed by atoms with van der Waals surface area (Å²) in [6.45, 7) is 2.26. The molecule has 1 aromatic heterocycles. The molecule has 0 unspecified atom stereocenters. The van der Waals surface area contributed by atoms with Crippen molar-refractivity contribution in [3.8, 4) is 0 Å². The standard InChI is InChI=1S/C19H16BrClN2O3/c1-2-26-18(24)10-17-14-5-3-4-6-15(14)19(25)23(22-17)11-12-7-8-13(20)9-16(12)21/h3-9H,2,10-11H2,1H3. The smallest absolute Gasteiger partial charge is 0.311 e.